The molecule has 4 atom stereocenters. The Hall–Kier alpha value is -2.90. The summed E-state index contributed by atoms with van der Waals surface area (Å²) in [5.74, 6) is -1.98. The minimum atomic E-state index is -1.18. The van der Waals surface area contributed by atoms with Crippen molar-refractivity contribution >= 4 is 24.1 Å². The van der Waals surface area contributed by atoms with Crippen LogP contribution in [0.2, 0.25) is 0 Å². The number of hydrogen-bond donors (Lipinski definition) is 5. The predicted octanol–water partition coefficient (Wildman–Crippen LogP) is -0.587. The van der Waals surface area contributed by atoms with Crippen LogP contribution in [-0.4, -0.2) is 99.3 Å². The first-order valence-corrected chi connectivity index (χ1v) is 12.4. The Labute approximate surface area is 216 Å². The summed E-state index contributed by atoms with van der Waals surface area (Å²) in [5, 5.41) is 26.1. The number of rotatable bonds is 21. The lowest BCUT2D eigenvalue weighted by atomic mass is 10.1. The molecule has 1 fully saturated rings. The van der Waals surface area contributed by atoms with E-state index in [1.54, 1.807) is 0 Å². The highest BCUT2D eigenvalue weighted by Crippen LogP contribution is 2.47. The molecular formula is C25H37N3O9. The number of aliphatic carboxylic acids is 1. The topological polar surface area (TPSA) is 173 Å². The number of nitrogens with one attached hydrogen (secondary N) is 3. The largest absolute Gasteiger partial charge is 0.480 e. The van der Waals surface area contributed by atoms with E-state index in [1.165, 1.54) is 0 Å². The van der Waals surface area contributed by atoms with Crippen LogP contribution in [0.15, 0.2) is 30.3 Å². The fraction of sp³-hybridized carbons (Fsp3) is 0.600. The van der Waals surface area contributed by atoms with Gasteiger partial charge in [-0.2, -0.15) is 0 Å². The number of aliphatic hydroxyl groups excluding tert-OH is 1. The number of carboxylic acids is 1. The van der Waals surface area contributed by atoms with Crippen LogP contribution in [0.5, 0.6) is 0 Å². The number of carboxylic acid groups (broad SMARTS) is 1. The van der Waals surface area contributed by atoms with Crippen molar-refractivity contribution in [3.63, 3.8) is 0 Å². The third kappa shape index (κ3) is 12.3. The molecule has 1 aliphatic rings. The van der Waals surface area contributed by atoms with E-state index in [9.17, 15) is 24.3 Å². The van der Waals surface area contributed by atoms with Crippen LogP contribution in [0, 0.1) is 5.92 Å². The van der Waals surface area contributed by atoms with Crippen molar-refractivity contribution in [2.24, 2.45) is 5.92 Å². The summed E-state index contributed by atoms with van der Waals surface area (Å²) in [6.45, 7) is 1.69. The third-order valence-electron chi connectivity index (χ3n) is 5.67. The summed E-state index contributed by atoms with van der Waals surface area (Å²) in [6.07, 6.45) is 0.427. The van der Waals surface area contributed by atoms with Gasteiger partial charge >= 0.3 is 5.97 Å². The van der Waals surface area contributed by atoms with Gasteiger partial charge in [-0.3, -0.25) is 19.7 Å². The van der Waals surface area contributed by atoms with Gasteiger partial charge in [0, 0.05) is 25.4 Å². The van der Waals surface area contributed by atoms with E-state index < -0.39 is 18.2 Å². The average Bonchev–Trinajstić information content (AvgIpc) is 3.70. The number of carbonyl (C=O) groups is 4. The Morgan fingerprint density at radius 3 is 2.46 bits per heavy atom. The smallest absolute Gasteiger partial charge is 0.326 e. The van der Waals surface area contributed by atoms with Crippen molar-refractivity contribution in [2.75, 3.05) is 52.7 Å². The van der Waals surface area contributed by atoms with Crippen LogP contribution in [0.4, 0.5) is 0 Å². The van der Waals surface area contributed by atoms with E-state index in [2.05, 4.69) is 16.0 Å². The minimum Gasteiger partial charge on any atom is -0.480 e. The monoisotopic (exact) mass is 523 g/mol. The van der Waals surface area contributed by atoms with Gasteiger partial charge < -0.3 is 35.1 Å². The maximum absolute atomic E-state index is 12.5. The Morgan fingerprint density at radius 2 is 1.76 bits per heavy atom. The molecule has 2 amide bonds. The van der Waals surface area contributed by atoms with E-state index in [1.807, 2.05) is 30.3 Å². The van der Waals surface area contributed by atoms with Gasteiger partial charge in [0.15, 0.2) is 12.5 Å². The first-order valence-electron chi connectivity index (χ1n) is 12.4. The highest BCUT2D eigenvalue weighted by Gasteiger charge is 2.44. The van der Waals surface area contributed by atoms with Gasteiger partial charge in [-0.05, 0) is 24.3 Å². The molecule has 12 heteroatoms. The molecule has 206 valence electrons. The van der Waals surface area contributed by atoms with Gasteiger partial charge in [-0.15, -0.1) is 0 Å². The maximum Gasteiger partial charge on any atom is 0.326 e. The molecule has 0 radical (unpaired) electrons. The molecule has 12 nitrogen and oxygen atoms in total. The molecule has 0 aliphatic heterocycles. The lowest BCUT2D eigenvalue weighted by Gasteiger charge is -2.15. The van der Waals surface area contributed by atoms with E-state index in [0.29, 0.717) is 25.9 Å². The van der Waals surface area contributed by atoms with Crippen LogP contribution < -0.4 is 16.0 Å². The summed E-state index contributed by atoms with van der Waals surface area (Å²) in [5.41, 5.74) is 1.06. The number of benzene rings is 1. The highest BCUT2D eigenvalue weighted by molar-refractivity contribution is 5.88. The normalized spacial score (nSPS) is 18.0. The molecule has 2 rings (SSSR count). The van der Waals surface area contributed by atoms with Crippen molar-refractivity contribution in [3.8, 4) is 0 Å². The molecule has 1 aliphatic carbocycles. The second kappa shape index (κ2) is 17.5. The fourth-order valence-electron chi connectivity index (χ4n) is 3.64. The molecule has 0 bridgehead atoms. The SMILES string of the molecule is O=CC(NCCOCCO)OCCOCCNC(=O)CC[C@H](NC(=O)C1CC1c1ccccc1)C(=O)O. The van der Waals surface area contributed by atoms with Crippen molar-refractivity contribution in [1.29, 1.82) is 0 Å². The minimum absolute atomic E-state index is 0.0184. The number of amides is 2. The van der Waals surface area contributed by atoms with Crippen molar-refractivity contribution in [1.82, 2.24) is 16.0 Å². The lowest BCUT2D eigenvalue weighted by molar-refractivity contribution is -0.142. The van der Waals surface area contributed by atoms with E-state index in [4.69, 9.17) is 19.3 Å². The van der Waals surface area contributed by atoms with Crippen LogP contribution in [0.3, 0.4) is 0 Å². The molecule has 1 aromatic rings. The van der Waals surface area contributed by atoms with Gasteiger partial charge in [0.05, 0.1) is 39.6 Å². The number of hydrogen-bond acceptors (Lipinski definition) is 9. The van der Waals surface area contributed by atoms with Gasteiger partial charge in [0.1, 0.15) is 6.04 Å². The number of aliphatic hydroxyl groups is 1. The summed E-state index contributed by atoms with van der Waals surface area (Å²) in [7, 11) is 0. The van der Waals surface area contributed by atoms with Crippen molar-refractivity contribution in [3.05, 3.63) is 35.9 Å². The Morgan fingerprint density at radius 1 is 1.03 bits per heavy atom. The average molecular weight is 524 g/mol. The zero-order valence-corrected chi connectivity index (χ0v) is 20.8. The summed E-state index contributed by atoms with van der Waals surface area (Å²) in [4.78, 5) is 47.0. The molecule has 3 unspecified atom stereocenters. The molecular weight excluding hydrogens is 486 g/mol. The molecule has 0 saturated heterocycles. The molecule has 0 heterocycles. The lowest BCUT2D eigenvalue weighted by Crippen LogP contribution is -2.42. The van der Waals surface area contributed by atoms with Crippen LogP contribution in [0.25, 0.3) is 0 Å². The molecule has 0 aromatic heterocycles. The molecule has 1 saturated carbocycles. The number of carbonyl (C=O) groups excluding carboxylic acids is 3. The second-order valence-corrected chi connectivity index (χ2v) is 8.48. The summed E-state index contributed by atoms with van der Waals surface area (Å²) >= 11 is 0. The summed E-state index contributed by atoms with van der Waals surface area (Å²) < 4.78 is 15.7. The van der Waals surface area contributed by atoms with Crippen molar-refractivity contribution < 1.29 is 43.6 Å². The van der Waals surface area contributed by atoms with Crippen LogP contribution in [-0.2, 0) is 33.4 Å². The standard InChI is InChI=1S/C25H37N3O9/c29-10-13-35-12-9-27-23(17-30)37-15-14-36-11-8-26-22(31)7-6-21(25(33)34)28-24(32)20-16-19(20)18-4-2-1-3-5-18/h1-5,17,19-21,23,27,29H,6-16H2,(H,26,31)(H,28,32)(H,33,34)/t19?,20?,21-,23?/m0/s1. The van der Waals surface area contributed by atoms with Gasteiger partial charge in [-0.25, -0.2) is 4.79 Å². The zero-order valence-electron chi connectivity index (χ0n) is 20.8. The Bertz CT molecular complexity index is 840. The Balaban J connectivity index is 1.53. The predicted molar refractivity (Wildman–Crippen MR) is 132 cm³/mol. The van der Waals surface area contributed by atoms with E-state index >= 15 is 0 Å². The molecule has 5 N–H and O–H groups in total. The van der Waals surface area contributed by atoms with Gasteiger partial charge in [0.25, 0.3) is 0 Å². The highest BCUT2D eigenvalue weighted by atomic mass is 16.5. The summed E-state index contributed by atoms with van der Waals surface area (Å²) in [6, 6.07) is 8.48. The third-order valence-corrected chi connectivity index (χ3v) is 5.67. The maximum atomic E-state index is 12.5. The molecule has 37 heavy (non-hydrogen) atoms. The fourth-order valence-corrected chi connectivity index (χ4v) is 3.64. The van der Waals surface area contributed by atoms with Crippen LogP contribution in [0.1, 0.15) is 30.7 Å². The van der Waals surface area contributed by atoms with E-state index in [0.717, 1.165) is 5.56 Å². The zero-order chi connectivity index (χ0) is 26.9. The van der Waals surface area contributed by atoms with Crippen LogP contribution >= 0.6 is 0 Å². The second-order valence-electron chi connectivity index (χ2n) is 8.48. The van der Waals surface area contributed by atoms with Crippen molar-refractivity contribution in [2.45, 2.75) is 37.5 Å². The quantitative estimate of drug-likeness (QED) is 0.0797. The number of ether oxygens (including phenoxy) is 3. The first-order chi connectivity index (χ1) is 18.0. The first kappa shape index (κ1) is 30.3. The Kier molecular flexibility index (Phi) is 14.4. The molecule has 0 spiro atoms. The molecule has 1 aromatic carbocycles. The van der Waals surface area contributed by atoms with E-state index in [-0.39, 0.29) is 76.1 Å². The van der Waals surface area contributed by atoms with Gasteiger partial charge in [0.2, 0.25) is 11.8 Å². The van der Waals surface area contributed by atoms with Gasteiger partial charge in [-0.1, -0.05) is 30.3 Å². The number of aldehydes is 1.